The third-order valence-electron chi connectivity index (χ3n) is 5.53. The predicted octanol–water partition coefficient (Wildman–Crippen LogP) is 5.57. The first-order valence-electron chi connectivity index (χ1n) is 11.4. The minimum absolute atomic E-state index is 0.0983. The van der Waals surface area contributed by atoms with Crippen molar-refractivity contribution in [2.75, 3.05) is 41.6 Å². The fourth-order valence-corrected chi connectivity index (χ4v) is 3.67. The van der Waals surface area contributed by atoms with Crippen molar-refractivity contribution in [2.45, 2.75) is 26.4 Å². The second-order valence-corrected chi connectivity index (χ2v) is 9.07. The highest BCUT2D eigenvalue weighted by molar-refractivity contribution is 6.31. The maximum Gasteiger partial charge on any atom is 0.247 e. The Balaban J connectivity index is 1.98. The van der Waals surface area contributed by atoms with Crippen molar-refractivity contribution in [3.05, 3.63) is 65.6 Å². The zero-order chi connectivity index (χ0) is 27.3. The predicted molar refractivity (Wildman–Crippen MR) is 146 cm³/mol. The summed E-state index contributed by atoms with van der Waals surface area (Å²) in [7, 11) is 3.43. The van der Waals surface area contributed by atoms with Crippen molar-refractivity contribution in [1.29, 1.82) is 0 Å². The molecule has 196 valence electrons. The third-order valence-corrected chi connectivity index (χ3v) is 5.82. The van der Waals surface area contributed by atoms with Crippen molar-refractivity contribution in [2.24, 2.45) is 0 Å². The van der Waals surface area contributed by atoms with Gasteiger partial charge in [0.25, 0.3) is 0 Å². The Bertz CT molecular complexity index is 1310. The number of aromatic nitrogens is 2. The van der Waals surface area contributed by atoms with Gasteiger partial charge in [-0.25, -0.2) is 9.37 Å². The van der Waals surface area contributed by atoms with Crippen molar-refractivity contribution in [1.82, 2.24) is 9.97 Å². The van der Waals surface area contributed by atoms with Gasteiger partial charge in [0.05, 0.1) is 34.8 Å². The van der Waals surface area contributed by atoms with Crippen LogP contribution in [0.3, 0.4) is 0 Å². The molecule has 9 nitrogen and oxygen atoms in total. The first kappa shape index (κ1) is 27.7. The summed E-state index contributed by atoms with van der Waals surface area (Å²) in [5.74, 6) is 0.0949. The van der Waals surface area contributed by atoms with E-state index in [1.54, 1.807) is 32.0 Å². The van der Waals surface area contributed by atoms with Gasteiger partial charge in [-0.05, 0) is 51.1 Å². The molecule has 3 aromatic rings. The number of nitrogens with one attached hydrogen (secondary N) is 3. The van der Waals surface area contributed by atoms with Crippen LogP contribution in [0.25, 0.3) is 0 Å². The van der Waals surface area contributed by atoms with Crippen LogP contribution < -0.4 is 25.6 Å². The molecule has 0 atom stereocenters. The highest BCUT2D eigenvalue weighted by Crippen LogP contribution is 2.38. The van der Waals surface area contributed by atoms with Crippen molar-refractivity contribution >= 4 is 52.0 Å². The number of benzene rings is 2. The topological polar surface area (TPSA) is 112 Å². The van der Waals surface area contributed by atoms with Gasteiger partial charge >= 0.3 is 0 Å². The Labute approximate surface area is 220 Å². The van der Waals surface area contributed by atoms with Crippen LogP contribution >= 0.6 is 11.6 Å². The molecule has 0 saturated carbocycles. The quantitative estimate of drug-likeness (QED) is 0.253. The monoisotopic (exact) mass is 528 g/mol. The number of hydrogen-bond donors (Lipinski definition) is 4. The van der Waals surface area contributed by atoms with E-state index in [1.165, 1.54) is 31.5 Å². The molecule has 0 aliphatic carbocycles. The van der Waals surface area contributed by atoms with Crippen LogP contribution in [0, 0.1) is 5.82 Å². The summed E-state index contributed by atoms with van der Waals surface area (Å²) in [6, 6.07) is 7.70. The number of nitrogens with zero attached hydrogens (tertiary/aromatic N) is 3. The van der Waals surface area contributed by atoms with Crippen molar-refractivity contribution in [3.8, 4) is 5.75 Å². The van der Waals surface area contributed by atoms with E-state index in [2.05, 4.69) is 32.5 Å². The molecular formula is C26H30ClFN6O3. The Morgan fingerprint density at radius 2 is 1.97 bits per heavy atom. The summed E-state index contributed by atoms with van der Waals surface area (Å²) in [5.41, 5.74) is 1.17. The molecule has 0 aliphatic heterocycles. The van der Waals surface area contributed by atoms with Crippen LogP contribution in [-0.2, 0) is 10.4 Å². The van der Waals surface area contributed by atoms with Gasteiger partial charge in [-0.2, -0.15) is 4.98 Å². The SMILES string of the molecule is C=CC(=O)Nc1cc(Nc2nccc(Nc3cc(Cl)c(F)cc3C(C)(C)O)n2)c(OC)cc1N(C)CC. The number of rotatable bonds is 10. The average Bonchev–Trinajstić information content (AvgIpc) is 2.85. The van der Waals surface area contributed by atoms with E-state index in [9.17, 15) is 14.3 Å². The number of aliphatic hydroxyl groups is 1. The van der Waals surface area contributed by atoms with Gasteiger partial charge < -0.3 is 30.7 Å². The van der Waals surface area contributed by atoms with Crippen LogP contribution in [0.5, 0.6) is 5.75 Å². The Hall–Kier alpha value is -3.89. The van der Waals surface area contributed by atoms with E-state index in [-0.39, 0.29) is 16.9 Å². The fraction of sp³-hybridized carbons (Fsp3) is 0.269. The molecule has 4 N–H and O–H groups in total. The highest BCUT2D eigenvalue weighted by Gasteiger charge is 2.23. The van der Waals surface area contributed by atoms with Gasteiger partial charge in [0, 0.05) is 37.1 Å². The van der Waals surface area contributed by atoms with E-state index < -0.39 is 11.4 Å². The van der Waals surface area contributed by atoms with Crippen LogP contribution in [-0.4, -0.2) is 41.7 Å². The molecule has 0 spiro atoms. The van der Waals surface area contributed by atoms with Gasteiger partial charge in [0.1, 0.15) is 17.4 Å². The summed E-state index contributed by atoms with van der Waals surface area (Å²) in [6.07, 6.45) is 2.72. The average molecular weight is 529 g/mol. The van der Waals surface area contributed by atoms with Gasteiger partial charge in [-0.3, -0.25) is 4.79 Å². The van der Waals surface area contributed by atoms with E-state index in [0.717, 1.165) is 5.69 Å². The lowest BCUT2D eigenvalue weighted by atomic mass is 9.96. The van der Waals surface area contributed by atoms with Gasteiger partial charge in [0.15, 0.2) is 0 Å². The minimum atomic E-state index is -1.34. The Kier molecular flexibility index (Phi) is 8.57. The molecule has 0 fully saturated rings. The first-order chi connectivity index (χ1) is 17.5. The molecule has 0 bridgehead atoms. The smallest absolute Gasteiger partial charge is 0.247 e. The number of amides is 1. The third kappa shape index (κ3) is 6.66. The number of ether oxygens (including phenoxy) is 1. The van der Waals surface area contributed by atoms with Crippen LogP contribution in [0.2, 0.25) is 5.02 Å². The van der Waals surface area contributed by atoms with Crippen LogP contribution in [0.15, 0.2) is 49.2 Å². The molecule has 2 aromatic carbocycles. The number of carbonyl (C=O) groups excluding carboxylic acids is 1. The lowest BCUT2D eigenvalue weighted by molar-refractivity contribution is -0.111. The Morgan fingerprint density at radius 1 is 1.24 bits per heavy atom. The minimum Gasteiger partial charge on any atom is -0.494 e. The number of carbonyl (C=O) groups is 1. The molecule has 1 heterocycles. The summed E-state index contributed by atoms with van der Waals surface area (Å²) in [6.45, 7) is 9.29. The van der Waals surface area contributed by atoms with Crippen LogP contribution in [0.4, 0.5) is 38.9 Å². The molecule has 0 aliphatic rings. The maximum atomic E-state index is 14.1. The molecular weight excluding hydrogens is 499 g/mol. The van der Waals surface area contributed by atoms with E-state index in [4.69, 9.17) is 16.3 Å². The molecule has 1 aromatic heterocycles. The van der Waals surface area contributed by atoms with Crippen molar-refractivity contribution in [3.63, 3.8) is 0 Å². The van der Waals surface area contributed by atoms with E-state index in [0.29, 0.717) is 40.7 Å². The second-order valence-electron chi connectivity index (χ2n) is 8.66. The summed E-state index contributed by atoms with van der Waals surface area (Å²) < 4.78 is 19.7. The zero-order valence-electron chi connectivity index (χ0n) is 21.3. The molecule has 37 heavy (non-hydrogen) atoms. The van der Waals surface area contributed by atoms with Crippen LogP contribution in [0.1, 0.15) is 26.3 Å². The second kappa shape index (κ2) is 11.4. The van der Waals surface area contributed by atoms with Gasteiger partial charge in [-0.1, -0.05) is 18.2 Å². The zero-order valence-corrected chi connectivity index (χ0v) is 22.1. The lowest BCUT2D eigenvalue weighted by Gasteiger charge is -2.23. The first-order valence-corrected chi connectivity index (χ1v) is 11.8. The number of hydrogen-bond acceptors (Lipinski definition) is 8. The molecule has 3 rings (SSSR count). The van der Waals surface area contributed by atoms with Crippen molar-refractivity contribution < 1.29 is 19.0 Å². The Morgan fingerprint density at radius 3 is 2.59 bits per heavy atom. The summed E-state index contributed by atoms with van der Waals surface area (Å²) in [4.78, 5) is 22.7. The van der Waals surface area contributed by atoms with E-state index in [1.807, 2.05) is 18.9 Å². The molecule has 0 unspecified atom stereocenters. The van der Waals surface area contributed by atoms with Gasteiger partial charge in [0.2, 0.25) is 11.9 Å². The van der Waals surface area contributed by atoms with Gasteiger partial charge in [-0.15, -0.1) is 0 Å². The summed E-state index contributed by atoms with van der Waals surface area (Å²) >= 11 is 5.99. The maximum absolute atomic E-state index is 14.1. The number of halogens is 2. The molecule has 11 heteroatoms. The number of methoxy groups -OCH3 is 1. The lowest BCUT2D eigenvalue weighted by Crippen LogP contribution is -2.19. The number of anilines is 6. The molecule has 1 amide bonds. The molecule has 0 radical (unpaired) electrons. The largest absolute Gasteiger partial charge is 0.494 e. The normalized spacial score (nSPS) is 11.0. The fourth-order valence-electron chi connectivity index (χ4n) is 3.51. The standard InChI is InChI=1S/C26H30ClFN6O3/c1-7-24(35)31-19-13-20(22(37-6)14-21(19)34(5)8-2)32-25-29-10-9-23(33-25)30-18-12-16(27)17(28)11-15(18)26(3,4)36/h7,9-14,36H,1,8H2,2-6H3,(H,31,35)(H2,29,30,32,33). The van der Waals surface area contributed by atoms with E-state index >= 15 is 0 Å². The molecule has 0 saturated heterocycles. The summed E-state index contributed by atoms with van der Waals surface area (Å²) in [5, 5.41) is 19.4. The highest BCUT2D eigenvalue weighted by atomic mass is 35.5.